The van der Waals surface area contributed by atoms with Crippen LogP contribution in [0, 0.1) is 0 Å². The molecule has 4 heteroatoms. The molecule has 1 saturated heterocycles. The van der Waals surface area contributed by atoms with Gasteiger partial charge < -0.3 is 14.8 Å². The first-order valence-corrected chi connectivity index (χ1v) is 7.28. The number of ether oxygens (including phenoxy) is 2. The van der Waals surface area contributed by atoms with Crippen LogP contribution in [0.4, 0.5) is 0 Å². The number of aromatic nitrogens is 1. The van der Waals surface area contributed by atoms with E-state index in [0.29, 0.717) is 6.04 Å². The van der Waals surface area contributed by atoms with E-state index in [1.54, 1.807) is 0 Å². The van der Waals surface area contributed by atoms with Crippen LogP contribution in [-0.4, -0.2) is 36.6 Å². The molecule has 19 heavy (non-hydrogen) atoms. The van der Waals surface area contributed by atoms with Crippen LogP contribution in [0.25, 0.3) is 0 Å². The summed E-state index contributed by atoms with van der Waals surface area (Å²) in [6, 6.07) is 6.68. The molecule has 0 bridgehead atoms. The predicted molar refractivity (Wildman–Crippen MR) is 72.8 cm³/mol. The Morgan fingerprint density at radius 3 is 2.68 bits per heavy atom. The Hall–Kier alpha value is -0.970. The highest BCUT2D eigenvalue weighted by molar-refractivity contribution is 5.03. The highest BCUT2D eigenvalue weighted by Crippen LogP contribution is 2.35. The topological polar surface area (TPSA) is 43.4 Å². The molecule has 0 atom stereocenters. The maximum Gasteiger partial charge on any atom is 0.168 e. The molecule has 2 fully saturated rings. The molecule has 2 heterocycles. The SMILES string of the molecule is c1ccc(CCNC2CCC3(CC2)OCCO3)nc1. The van der Waals surface area contributed by atoms with E-state index in [9.17, 15) is 0 Å². The largest absolute Gasteiger partial charge is 0.348 e. The van der Waals surface area contributed by atoms with E-state index < -0.39 is 0 Å². The monoisotopic (exact) mass is 262 g/mol. The lowest BCUT2D eigenvalue weighted by molar-refractivity contribution is -0.179. The van der Waals surface area contributed by atoms with E-state index >= 15 is 0 Å². The summed E-state index contributed by atoms with van der Waals surface area (Å²) >= 11 is 0. The number of hydrogen-bond acceptors (Lipinski definition) is 4. The minimum Gasteiger partial charge on any atom is -0.348 e. The van der Waals surface area contributed by atoms with Crippen LogP contribution in [0.3, 0.4) is 0 Å². The van der Waals surface area contributed by atoms with Gasteiger partial charge in [0.05, 0.1) is 13.2 Å². The summed E-state index contributed by atoms with van der Waals surface area (Å²) in [5.41, 5.74) is 1.16. The quantitative estimate of drug-likeness (QED) is 0.900. The second-order valence-electron chi connectivity index (χ2n) is 5.41. The number of pyridine rings is 1. The van der Waals surface area contributed by atoms with Crippen LogP contribution < -0.4 is 5.32 Å². The lowest BCUT2D eigenvalue weighted by Gasteiger charge is -2.35. The first-order chi connectivity index (χ1) is 9.36. The Balaban J connectivity index is 1.38. The van der Waals surface area contributed by atoms with Crippen LogP contribution in [0.1, 0.15) is 31.4 Å². The van der Waals surface area contributed by atoms with Crippen molar-refractivity contribution in [3.8, 4) is 0 Å². The highest BCUT2D eigenvalue weighted by atomic mass is 16.7. The fraction of sp³-hybridized carbons (Fsp3) is 0.667. The zero-order valence-corrected chi connectivity index (χ0v) is 11.3. The Morgan fingerprint density at radius 2 is 2.00 bits per heavy atom. The minimum atomic E-state index is -0.237. The molecule has 1 aromatic heterocycles. The molecule has 2 aliphatic rings. The van der Waals surface area contributed by atoms with Crippen molar-refractivity contribution in [2.24, 2.45) is 0 Å². The van der Waals surface area contributed by atoms with E-state index in [0.717, 1.165) is 57.6 Å². The van der Waals surface area contributed by atoms with Crippen LogP contribution >= 0.6 is 0 Å². The smallest absolute Gasteiger partial charge is 0.168 e. The molecule has 0 amide bonds. The Labute approximate surface area is 114 Å². The van der Waals surface area contributed by atoms with Gasteiger partial charge in [-0.05, 0) is 25.0 Å². The Morgan fingerprint density at radius 1 is 1.21 bits per heavy atom. The molecule has 0 radical (unpaired) electrons. The second kappa shape index (κ2) is 5.99. The molecule has 3 rings (SSSR count). The van der Waals surface area contributed by atoms with Gasteiger partial charge in [-0.1, -0.05) is 6.07 Å². The molecule has 4 nitrogen and oxygen atoms in total. The maximum atomic E-state index is 5.74. The third-order valence-corrected chi connectivity index (χ3v) is 4.10. The van der Waals surface area contributed by atoms with Gasteiger partial charge in [0.1, 0.15) is 0 Å². The van der Waals surface area contributed by atoms with E-state index in [4.69, 9.17) is 9.47 Å². The van der Waals surface area contributed by atoms with E-state index in [-0.39, 0.29) is 5.79 Å². The van der Waals surface area contributed by atoms with Gasteiger partial charge >= 0.3 is 0 Å². The van der Waals surface area contributed by atoms with E-state index in [1.165, 1.54) is 0 Å². The van der Waals surface area contributed by atoms with Gasteiger partial charge in [-0.15, -0.1) is 0 Å². The fourth-order valence-electron chi connectivity index (χ4n) is 3.00. The molecule has 1 aliphatic carbocycles. The molecule has 1 spiro atoms. The number of nitrogens with zero attached hydrogens (tertiary/aromatic N) is 1. The van der Waals surface area contributed by atoms with Crippen LogP contribution in [0.2, 0.25) is 0 Å². The van der Waals surface area contributed by atoms with Gasteiger partial charge in [-0.3, -0.25) is 4.98 Å². The van der Waals surface area contributed by atoms with Crippen molar-refractivity contribution in [3.05, 3.63) is 30.1 Å². The molecule has 1 aromatic rings. The van der Waals surface area contributed by atoms with Crippen LogP contribution in [0.5, 0.6) is 0 Å². The molecule has 0 unspecified atom stereocenters. The molecular formula is C15H22N2O2. The minimum absolute atomic E-state index is 0.237. The predicted octanol–water partition coefficient (Wildman–Crippen LogP) is 1.90. The van der Waals surface area contributed by atoms with Crippen molar-refractivity contribution in [3.63, 3.8) is 0 Å². The molecule has 1 N–H and O–H groups in total. The summed E-state index contributed by atoms with van der Waals surface area (Å²) in [5, 5.41) is 3.63. The van der Waals surface area contributed by atoms with E-state index in [1.807, 2.05) is 18.3 Å². The average Bonchev–Trinajstić information content (AvgIpc) is 2.91. The van der Waals surface area contributed by atoms with Gasteiger partial charge in [0.15, 0.2) is 5.79 Å². The Bertz CT molecular complexity index is 380. The lowest BCUT2D eigenvalue weighted by atomic mass is 9.90. The van der Waals surface area contributed by atoms with Crippen molar-refractivity contribution in [1.82, 2.24) is 10.3 Å². The standard InChI is InChI=1S/C15H22N2O2/c1-2-9-16-13(3-1)6-10-17-14-4-7-15(8-5-14)18-11-12-19-15/h1-3,9,14,17H,4-8,10-12H2. The van der Waals surface area contributed by atoms with Crippen molar-refractivity contribution in [2.45, 2.75) is 43.9 Å². The number of rotatable bonds is 4. The first kappa shape index (κ1) is 13.0. The van der Waals surface area contributed by atoms with Crippen LogP contribution in [0.15, 0.2) is 24.4 Å². The fourth-order valence-corrected chi connectivity index (χ4v) is 3.00. The maximum absolute atomic E-state index is 5.74. The summed E-state index contributed by atoms with van der Waals surface area (Å²) in [4.78, 5) is 4.34. The van der Waals surface area contributed by atoms with Gasteiger partial charge in [-0.25, -0.2) is 0 Å². The van der Waals surface area contributed by atoms with Crippen molar-refractivity contribution < 1.29 is 9.47 Å². The summed E-state index contributed by atoms with van der Waals surface area (Å²) in [7, 11) is 0. The lowest BCUT2D eigenvalue weighted by Crippen LogP contribution is -2.42. The number of nitrogens with one attached hydrogen (secondary N) is 1. The molecule has 1 saturated carbocycles. The van der Waals surface area contributed by atoms with Crippen LogP contribution in [-0.2, 0) is 15.9 Å². The molecule has 104 valence electrons. The first-order valence-electron chi connectivity index (χ1n) is 7.28. The van der Waals surface area contributed by atoms with Gasteiger partial charge in [0, 0.05) is 43.7 Å². The molecular weight excluding hydrogens is 240 g/mol. The summed E-state index contributed by atoms with van der Waals surface area (Å²) in [6.45, 7) is 2.52. The number of hydrogen-bond donors (Lipinski definition) is 1. The van der Waals surface area contributed by atoms with Gasteiger partial charge in [0.2, 0.25) is 0 Å². The third kappa shape index (κ3) is 3.32. The normalized spacial score (nSPS) is 22.9. The second-order valence-corrected chi connectivity index (χ2v) is 5.41. The molecule has 1 aliphatic heterocycles. The highest BCUT2D eigenvalue weighted by Gasteiger charge is 2.39. The van der Waals surface area contributed by atoms with E-state index in [2.05, 4.69) is 16.4 Å². The zero-order chi connectivity index (χ0) is 13.0. The zero-order valence-electron chi connectivity index (χ0n) is 11.3. The Kier molecular flexibility index (Phi) is 4.11. The van der Waals surface area contributed by atoms with Crippen molar-refractivity contribution in [1.29, 1.82) is 0 Å². The summed E-state index contributed by atoms with van der Waals surface area (Å²) < 4.78 is 11.5. The van der Waals surface area contributed by atoms with Crippen molar-refractivity contribution >= 4 is 0 Å². The molecule has 0 aromatic carbocycles. The summed E-state index contributed by atoms with van der Waals surface area (Å²) in [6.07, 6.45) is 7.18. The average molecular weight is 262 g/mol. The van der Waals surface area contributed by atoms with Gasteiger partial charge in [-0.2, -0.15) is 0 Å². The van der Waals surface area contributed by atoms with Crippen molar-refractivity contribution in [2.75, 3.05) is 19.8 Å². The third-order valence-electron chi connectivity index (χ3n) is 4.10. The summed E-state index contributed by atoms with van der Waals surface area (Å²) in [5.74, 6) is -0.237. The van der Waals surface area contributed by atoms with Gasteiger partial charge in [0.25, 0.3) is 0 Å².